The molecule has 184 valence electrons. The molecule has 1 aromatic heterocycles. The Morgan fingerprint density at radius 2 is 1.71 bits per heavy atom. The van der Waals surface area contributed by atoms with Gasteiger partial charge in [-0.3, -0.25) is 4.79 Å². The first-order chi connectivity index (χ1) is 16.8. The van der Waals surface area contributed by atoms with E-state index in [1.54, 1.807) is 17.0 Å². The van der Waals surface area contributed by atoms with Crippen molar-refractivity contribution < 1.29 is 13.6 Å². The molecule has 3 aromatic rings. The zero-order chi connectivity index (χ0) is 25.1. The van der Waals surface area contributed by atoms with Crippen molar-refractivity contribution in [1.29, 1.82) is 0 Å². The average Bonchev–Trinajstić information content (AvgIpc) is 2.86. The zero-order valence-electron chi connectivity index (χ0n) is 20.2. The predicted molar refractivity (Wildman–Crippen MR) is 134 cm³/mol. The van der Waals surface area contributed by atoms with Crippen molar-refractivity contribution in [2.45, 2.75) is 39.5 Å². The second-order valence-electron chi connectivity index (χ2n) is 8.94. The van der Waals surface area contributed by atoms with Gasteiger partial charge in [0, 0.05) is 65.9 Å². The Balaban J connectivity index is 1.62. The summed E-state index contributed by atoms with van der Waals surface area (Å²) in [7, 11) is 0. The Kier molecular flexibility index (Phi) is 7.65. The number of anilines is 1. The van der Waals surface area contributed by atoms with E-state index >= 15 is 0 Å². The topological polar surface area (TPSA) is 49.3 Å². The number of nitrogens with zero attached hydrogens (tertiary/aromatic N) is 4. The predicted octanol–water partition coefficient (Wildman–Crippen LogP) is 5.78. The summed E-state index contributed by atoms with van der Waals surface area (Å²) in [6, 6.07) is 10.3. The van der Waals surface area contributed by atoms with Crippen LogP contribution in [0.5, 0.6) is 0 Å². The highest BCUT2D eigenvalue weighted by Crippen LogP contribution is 2.31. The molecular weight excluding hydrogens is 470 g/mol. The lowest BCUT2D eigenvalue weighted by Crippen LogP contribution is -2.49. The molecular formula is C27H29ClF2N4O. The molecule has 1 amide bonds. The van der Waals surface area contributed by atoms with Crippen LogP contribution < -0.4 is 4.90 Å². The highest BCUT2D eigenvalue weighted by Gasteiger charge is 2.27. The van der Waals surface area contributed by atoms with Gasteiger partial charge in [0.1, 0.15) is 23.3 Å². The van der Waals surface area contributed by atoms with E-state index in [4.69, 9.17) is 21.6 Å². The van der Waals surface area contributed by atoms with Crippen LogP contribution in [0.3, 0.4) is 0 Å². The Bertz CT molecular complexity index is 1190. The van der Waals surface area contributed by atoms with E-state index in [1.807, 2.05) is 6.92 Å². The van der Waals surface area contributed by atoms with Crippen LogP contribution in [0.4, 0.5) is 14.6 Å². The Hall–Kier alpha value is -3.06. The Labute approximate surface area is 209 Å². The van der Waals surface area contributed by atoms with Gasteiger partial charge in [-0.25, -0.2) is 18.7 Å². The summed E-state index contributed by atoms with van der Waals surface area (Å²) < 4.78 is 27.9. The SMILES string of the molecule is CCC(C)c1nc(C)c(Cc2c(F)cccc2Cl)c(N2CCN(C(=O)c3ccc(F)cc3)CC2)n1. The summed E-state index contributed by atoms with van der Waals surface area (Å²) in [6.45, 7) is 8.24. The highest BCUT2D eigenvalue weighted by molar-refractivity contribution is 6.31. The first kappa shape index (κ1) is 25.0. The minimum atomic E-state index is -0.370. The number of aromatic nitrogens is 2. The van der Waals surface area contributed by atoms with Gasteiger partial charge in [0.15, 0.2) is 0 Å². The van der Waals surface area contributed by atoms with E-state index in [-0.39, 0.29) is 29.9 Å². The van der Waals surface area contributed by atoms with Crippen molar-refractivity contribution in [1.82, 2.24) is 14.9 Å². The minimum Gasteiger partial charge on any atom is -0.353 e. The number of hydrogen-bond donors (Lipinski definition) is 0. The highest BCUT2D eigenvalue weighted by atomic mass is 35.5. The van der Waals surface area contributed by atoms with Crippen LogP contribution in [0.2, 0.25) is 5.02 Å². The van der Waals surface area contributed by atoms with Crippen LogP contribution >= 0.6 is 11.6 Å². The zero-order valence-corrected chi connectivity index (χ0v) is 20.9. The molecule has 2 aromatic carbocycles. The fourth-order valence-electron chi connectivity index (χ4n) is 4.25. The fourth-order valence-corrected chi connectivity index (χ4v) is 4.48. The van der Waals surface area contributed by atoms with Crippen LogP contribution in [0, 0.1) is 18.6 Å². The van der Waals surface area contributed by atoms with Gasteiger partial charge in [0.05, 0.1) is 0 Å². The molecule has 8 heteroatoms. The van der Waals surface area contributed by atoms with Crippen LogP contribution in [0.15, 0.2) is 42.5 Å². The van der Waals surface area contributed by atoms with E-state index in [2.05, 4.69) is 18.7 Å². The molecule has 4 rings (SSSR count). The van der Waals surface area contributed by atoms with Crippen molar-refractivity contribution in [2.24, 2.45) is 0 Å². The second-order valence-corrected chi connectivity index (χ2v) is 9.35. The lowest BCUT2D eigenvalue weighted by Gasteiger charge is -2.37. The van der Waals surface area contributed by atoms with Crippen molar-refractivity contribution in [2.75, 3.05) is 31.1 Å². The molecule has 0 N–H and O–H groups in total. The summed E-state index contributed by atoms with van der Waals surface area (Å²) in [4.78, 5) is 26.5. The number of hydrogen-bond acceptors (Lipinski definition) is 4. The van der Waals surface area contributed by atoms with Crippen molar-refractivity contribution >= 4 is 23.3 Å². The molecule has 1 aliphatic rings. The van der Waals surface area contributed by atoms with E-state index in [9.17, 15) is 13.6 Å². The monoisotopic (exact) mass is 498 g/mol. The summed E-state index contributed by atoms with van der Waals surface area (Å²) in [5.41, 5.74) is 2.52. The molecule has 0 bridgehead atoms. The van der Waals surface area contributed by atoms with Gasteiger partial charge >= 0.3 is 0 Å². The van der Waals surface area contributed by atoms with Crippen LogP contribution in [0.1, 0.15) is 59.2 Å². The third-order valence-corrected chi connectivity index (χ3v) is 6.99. The first-order valence-electron chi connectivity index (χ1n) is 11.9. The number of aryl methyl sites for hydroxylation is 1. The maximum Gasteiger partial charge on any atom is 0.253 e. The summed E-state index contributed by atoms with van der Waals surface area (Å²) >= 11 is 6.33. The standard InChI is InChI=1S/C27H29ClF2N4O/c1-4-17(2)25-31-18(3)21(16-22-23(28)6-5-7-24(22)30)26(32-25)33-12-14-34(15-13-33)27(35)19-8-10-20(29)11-9-19/h5-11,17H,4,12-16H2,1-3H3. The normalized spacial score (nSPS) is 14.8. The molecule has 1 unspecified atom stereocenters. The molecule has 35 heavy (non-hydrogen) atoms. The number of carbonyl (C=O) groups excluding carboxylic acids is 1. The Morgan fingerprint density at radius 3 is 2.34 bits per heavy atom. The van der Waals surface area contributed by atoms with E-state index in [0.29, 0.717) is 42.3 Å². The van der Waals surface area contributed by atoms with E-state index in [0.717, 1.165) is 29.3 Å². The first-order valence-corrected chi connectivity index (χ1v) is 12.3. The van der Waals surface area contributed by atoms with Crippen LogP contribution in [-0.2, 0) is 6.42 Å². The minimum absolute atomic E-state index is 0.123. The molecule has 1 atom stereocenters. The van der Waals surface area contributed by atoms with Crippen LogP contribution in [0.25, 0.3) is 0 Å². The quantitative estimate of drug-likeness (QED) is 0.432. The van der Waals surface area contributed by atoms with Gasteiger partial charge in [-0.05, 0) is 49.7 Å². The maximum absolute atomic E-state index is 14.6. The van der Waals surface area contributed by atoms with Crippen molar-refractivity contribution in [3.05, 3.63) is 87.3 Å². The molecule has 1 saturated heterocycles. The number of amides is 1. The van der Waals surface area contributed by atoms with Gasteiger partial charge in [0.25, 0.3) is 5.91 Å². The Morgan fingerprint density at radius 1 is 1.03 bits per heavy atom. The molecule has 0 aliphatic carbocycles. The molecule has 2 heterocycles. The number of halogens is 3. The third-order valence-electron chi connectivity index (χ3n) is 6.64. The van der Waals surface area contributed by atoms with Gasteiger partial charge in [0.2, 0.25) is 0 Å². The molecule has 5 nitrogen and oxygen atoms in total. The molecule has 0 spiro atoms. The van der Waals surface area contributed by atoms with E-state index in [1.165, 1.54) is 30.3 Å². The molecule has 1 fully saturated rings. The largest absolute Gasteiger partial charge is 0.353 e. The summed E-state index contributed by atoms with van der Waals surface area (Å²) in [5.74, 6) is 0.852. The number of rotatable bonds is 6. The number of benzene rings is 2. The summed E-state index contributed by atoms with van der Waals surface area (Å²) in [6.07, 6.45) is 1.18. The van der Waals surface area contributed by atoms with Crippen LogP contribution in [-0.4, -0.2) is 47.0 Å². The number of carbonyl (C=O) groups is 1. The lowest BCUT2D eigenvalue weighted by atomic mass is 10.0. The van der Waals surface area contributed by atoms with Crippen molar-refractivity contribution in [3.8, 4) is 0 Å². The lowest BCUT2D eigenvalue weighted by molar-refractivity contribution is 0.0746. The maximum atomic E-state index is 14.6. The van der Waals surface area contributed by atoms with Gasteiger partial charge in [-0.1, -0.05) is 31.5 Å². The van der Waals surface area contributed by atoms with Gasteiger partial charge in [-0.2, -0.15) is 0 Å². The van der Waals surface area contributed by atoms with E-state index < -0.39 is 0 Å². The van der Waals surface area contributed by atoms with Gasteiger partial charge in [-0.15, -0.1) is 0 Å². The second kappa shape index (κ2) is 10.7. The third kappa shape index (κ3) is 5.45. The fraction of sp³-hybridized carbons (Fsp3) is 0.370. The molecule has 1 aliphatic heterocycles. The van der Waals surface area contributed by atoms with Gasteiger partial charge < -0.3 is 9.80 Å². The molecule has 0 radical (unpaired) electrons. The average molecular weight is 499 g/mol. The number of piperazine rings is 1. The molecule has 0 saturated carbocycles. The van der Waals surface area contributed by atoms with Crippen molar-refractivity contribution in [3.63, 3.8) is 0 Å². The smallest absolute Gasteiger partial charge is 0.253 e. The summed E-state index contributed by atoms with van der Waals surface area (Å²) in [5, 5.41) is 0.371.